The molecule has 1 N–H and O–H groups in total. The van der Waals surface area contributed by atoms with E-state index in [1.54, 1.807) is 0 Å². The maximum Gasteiger partial charge on any atom is 0.254 e. The molecule has 3 nitrogen and oxygen atoms in total. The highest BCUT2D eigenvalue weighted by atomic mass is 16.1. The standard InChI is InChI=1S/C9H10N2O/c1-6-3-2-4-7-8(6)9(12)11-5-10-7/h2,4-6H,3H2,1H3,(H,10,11,12). The molecule has 0 radical (unpaired) electrons. The van der Waals surface area contributed by atoms with E-state index >= 15 is 0 Å². The Bertz CT molecular complexity index is 378. The Morgan fingerprint density at radius 3 is 3.25 bits per heavy atom. The SMILES string of the molecule is CC1CC=Cc2nc[nH]c(=O)c21. The lowest BCUT2D eigenvalue weighted by Gasteiger charge is -2.14. The number of H-pyrrole nitrogens is 1. The molecule has 0 bridgehead atoms. The van der Waals surface area contributed by atoms with E-state index < -0.39 is 0 Å². The Balaban J connectivity index is 2.70. The second-order valence-corrected chi connectivity index (χ2v) is 3.07. The quantitative estimate of drug-likeness (QED) is 0.624. The van der Waals surface area contributed by atoms with Crippen molar-refractivity contribution in [2.75, 3.05) is 0 Å². The van der Waals surface area contributed by atoms with Crippen molar-refractivity contribution in [3.63, 3.8) is 0 Å². The maximum atomic E-state index is 11.3. The number of nitrogens with zero attached hydrogens (tertiary/aromatic N) is 1. The molecule has 1 heterocycles. The average Bonchev–Trinajstić information content (AvgIpc) is 2.04. The van der Waals surface area contributed by atoms with Gasteiger partial charge in [-0.25, -0.2) is 4.98 Å². The first kappa shape index (κ1) is 7.28. The van der Waals surface area contributed by atoms with Gasteiger partial charge < -0.3 is 4.98 Å². The van der Waals surface area contributed by atoms with Crippen LogP contribution in [0.15, 0.2) is 17.2 Å². The molecule has 3 heteroatoms. The number of fused-ring (bicyclic) bond motifs is 1. The molecular weight excluding hydrogens is 152 g/mol. The highest BCUT2D eigenvalue weighted by Crippen LogP contribution is 2.23. The van der Waals surface area contributed by atoms with Gasteiger partial charge in [0.05, 0.1) is 12.0 Å². The maximum absolute atomic E-state index is 11.3. The van der Waals surface area contributed by atoms with Crippen LogP contribution in [-0.2, 0) is 0 Å². The largest absolute Gasteiger partial charge is 0.313 e. The second kappa shape index (κ2) is 2.59. The zero-order valence-corrected chi connectivity index (χ0v) is 6.87. The predicted molar refractivity (Wildman–Crippen MR) is 46.9 cm³/mol. The Morgan fingerprint density at radius 1 is 1.67 bits per heavy atom. The summed E-state index contributed by atoms with van der Waals surface area (Å²) in [4.78, 5) is 18.0. The number of aromatic amines is 1. The summed E-state index contributed by atoms with van der Waals surface area (Å²) in [5.74, 6) is 0.294. The van der Waals surface area contributed by atoms with Crippen molar-refractivity contribution in [3.8, 4) is 0 Å². The Kier molecular flexibility index (Phi) is 1.57. The molecule has 2 rings (SSSR count). The number of hydrogen-bond donors (Lipinski definition) is 1. The zero-order valence-electron chi connectivity index (χ0n) is 6.87. The number of aromatic nitrogens is 2. The highest BCUT2D eigenvalue weighted by Gasteiger charge is 2.16. The van der Waals surface area contributed by atoms with E-state index in [1.165, 1.54) is 6.33 Å². The smallest absolute Gasteiger partial charge is 0.254 e. The average molecular weight is 162 g/mol. The van der Waals surface area contributed by atoms with Gasteiger partial charge in [-0.15, -0.1) is 0 Å². The van der Waals surface area contributed by atoms with Gasteiger partial charge in [0.1, 0.15) is 0 Å². The molecule has 0 saturated heterocycles. The zero-order chi connectivity index (χ0) is 8.55. The summed E-state index contributed by atoms with van der Waals surface area (Å²) in [6.45, 7) is 2.04. The molecule has 0 fully saturated rings. The molecule has 1 atom stereocenters. The normalized spacial score (nSPS) is 20.6. The van der Waals surface area contributed by atoms with Gasteiger partial charge in [-0.2, -0.15) is 0 Å². The molecule has 0 aliphatic heterocycles. The minimum absolute atomic E-state index is 0.00292. The Labute approximate surface area is 70.2 Å². The molecular formula is C9H10N2O. The lowest BCUT2D eigenvalue weighted by molar-refractivity contribution is 0.745. The monoisotopic (exact) mass is 162 g/mol. The van der Waals surface area contributed by atoms with Crippen molar-refractivity contribution < 1.29 is 0 Å². The van der Waals surface area contributed by atoms with Crippen LogP contribution in [0.3, 0.4) is 0 Å². The minimum atomic E-state index is -0.00292. The lowest BCUT2D eigenvalue weighted by atomic mass is 9.93. The van der Waals surface area contributed by atoms with Crippen LogP contribution in [0, 0.1) is 0 Å². The first-order valence-corrected chi connectivity index (χ1v) is 4.03. The topological polar surface area (TPSA) is 45.8 Å². The lowest BCUT2D eigenvalue weighted by Crippen LogP contribution is -2.19. The second-order valence-electron chi connectivity index (χ2n) is 3.07. The van der Waals surface area contributed by atoms with E-state index in [0.29, 0.717) is 5.92 Å². The molecule has 0 amide bonds. The minimum Gasteiger partial charge on any atom is -0.313 e. The number of nitrogens with one attached hydrogen (secondary N) is 1. The number of allylic oxidation sites excluding steroid dienone is 1. The van der Waals surface area contributed by atoms with Crippen LogP contribution >= 0.6 is 0 Å². The molecule has 1 aliphatic carbocycles. The van der Waals surface area contributed by atoms with Gasteiger partial charge in [-0.3, -0.25) is 4.79 Å². The molecule has 62 valence electrons. The first-order chi connectivity index (χ1) is 5.79. The van der Waals surface area contributed by atoms with Crippen LogP contribution in [0.25, 0.3) is 6.08 Å². The summed E-state index contributed by atoms with van der Waals surface area (Å²) < 4.78 is 0. The molecule has 1 aromatic rings. The third-order valence-electron chi connectivity index (χ3n) is 2.18. The van der Waals surface area contributed by atoms with Crippen molar-refractivity contribution in [3.05, 3.63) is 34.0 Å². The molecule has 12 heavy (non-hydrogen) atoms. The van der Waals surface area contributed by atoms with Crippen LogP contribution in [0.2, 0.25) is 0 Å². The van der Waals surface area contributed by atoms with E-state index in [0.717, 1.165) is 17.7 Å². The van der Waals surface area contributed by atoms with E-state index in [1.807, 2.05) is 13.0 Å². The molecule has 1 unspecified atom stereocenters. The summed E-state index contributed by atoms with van der Waals surface area (Å²) in [5, 5.41) is 0. The third-order valence-corrected chi connectivity index (χ3v) is 2.18. The summed E-state index contributed by atoms with van der Waals surface area (Å²) >= 11 is 0. The highest BCUT2D eigenvalue weighted by molar-refractivity contribution is 5.52. The molecule has 1 aromatic heterocycles. The predicted octanol–water partition coefficient (Wildman–Crippen LogP) is 1.29. The van der Waals surface area contributed by atoms with Crippen LogP contribution in [0.4, 0.5) is 0 Å². The Hall–Kier alpha value is -1.38. The molecule has 1 aliphatic rings. The summed E-state index contributed by atoms with van der Waals surface area (Å²) in [6, 6.07) is 0. The van der Waals surface area contributed by atoms with E-state index in [2.05, 4.69) is 16.0 Å². The van der Waals surface area contributed by atoms with Crippen molar-refractivity contribution in [1.29, 1.82) is 0 Å². The third kappa shape index (κ3) is 0.978. The van der Waals surface area contributed by atoms with Gasteiger partial charge in [0, 0.05) is 5.56 Å². The van der Waals surface area contributed by atoms with Crippen molar-refractivity contribution in [2.45, 2.75) is 19.3 Å². The van der Waals surface area contributed by atoms with Crippen molar-refractivity contribution in [2.24, 2.45) is 0 Å². The van der Waals surface area contributed by atoms with Gasteiger partial charge in [0.25, 0.3) is 5.56 Å². The van der Waals surface area contributed by atoms with Gasteiger partial charge in [0.15, 0.2) is 0 Å². The molecule has 0 spiro atoms. The fraction of sp³-hybridized carbons (Fsp3) is 0.333. The summed E-state index contributed by atoms with van der Waals surface area (Å²) in [7, 11) is 0. The van der Waals surface area contributed by atoms with Gasteiger partial charge in [0.2, 0.25) is 0 Å². The van der Waals surface area contributed by atoms with Crippen LogP contribution in [0.1, 0.15) is 30.5 Å². The fourth-order valence-corrected chi connectivity index (χ4v) is 1.53. The molecule has 0 saturated carbocycles. The Morgan fingerprint density at radius 2 is 2.50 bits per heavy atom. The van der Waals surface area contributed by atoms with Gasteiger partial charge in [-0.1, -0.05) is 13.0 Å². The van der Waals surface area contributed by atoms with Gasteiger partial charge >= 0.3 is 0 Å². The van der Waals surface area contributed by atoms with Crippen molar-refractivity contribution >= 4 is 6.08 Å². The van der Waals surface area contributed by atoms with E-state index in [4.69, 9.17) is 0 Å². The fourth-order valence-electron chi connectivity index (χ4n) is 1.53. The van der Waals surface area contributed by atoms with Gasteiger partial charge in [-0.05, 0) is 18.4 Å². The number of hydrogen-bond acceptors (Lipinski definition) is 2. The molecule has 0 aromatic carbocycles. The van der Waals surface area contributed by atoms with Crippen LogP contribution in [0.5, 0.6) is 0 Å². The summed E-state index contributed by atoms with van der Waals surface area (Å²) in [5.41, 5.74) is 1.63. The van der Waals surface area contributed by atoms with E-state index in [9.17, 15) is 4.79 Å². The van der Waals surface area contributed by atoms with Crippen LogP contribution < -0.4 is 5.56 Å². The number of rotatable bonds is 0. The summed E-state index contributed by atoms with van der Waals surface area (Å²) in [6.07, 6.45) is 6.34. The van der Waals surface area contributed by atoms with E-state index in [-0.39, 0.29) is 5.56 Å². The van der Waals surface area contributed by atoms with Crippen LogP contribution in [-0.4, -0.2) is 9.97 Å². The first-order valence-electron chi connectivity index (χ1n) is 4.03. The van der Waals surface area contributed by atoms with Crippen molar-refractivity contribution in [1.82, 2.24) is 9.97 Å².